The standard InChI is InChI=1S/C25H27N3O4S2/c1-3-28(16-17-8-5-4-6-9-17)34(31,32)19-14-12-18(13-15-19)23(29)27-25-22(24(30)26-2)20-10-7-11-21(20)33-25/h4-6,8-9,12-15H,3,7,10-11,16H2,1-2H3,(H,26,30)(H,27,29). The largest absolute Gasteiger partial charge is 0.355 e. The zero-order valence-corrected chi connectivity index (χ0v) is 20.8. The second kappa shape index (κ2) is 10.1. The first-order valence-corrected chi connectivity index (χ1v) is 13.4. The monoisotopic (exact) mass is 497 g/mol. The van der Waals surface area contributed by atoms with E-state index in [1.807, 2.05) is 30.3 Å². The van der Waals surface area contributed by atoms with Crippen LogP contribution in [0.15, 0.2) is 59.5 Å². The molecule has 0 radical (unpaired) electrons. The van der Waals surface area contributed by atoms with E-state index in [2.05, 4.69) is 10.6 Å². The van der Waals surface area contributed by atoms with Gasteiger partial charge in [0.05, 0.1) is 10.5 Å². The van der Waals surface area contributed by atoms with Crippen molar-refractivity contribution in [3.8, 4) is 0 Å². The summed E-state index contributed by atoms with van der Waals surface area (Å²) in [5, 5.41) is 6.04. The summed E-state index contributed by atoms with van der Waals surface area (Å²) in [7, 11) is -2.15. The average Bonchev–Trinajstić information content (AvgIpc) is 3.43. The molecule has 0 spiro atoms. The molecule has 3 aromatic rings. The van der Waals surface area contributed by atoms with Crippen molar-refractivity contribution >= 4 is 38.2 Å². The summed E-state index contributed by atoms with van der Waals surface area (Å²) >= 11 is 1.44. The van der Waals surface area contributed by atoms with Crippen molar-refractivity contribution in [3.63, 3.8) is 0 Å². The van der Waals surface area contributed by atoms with Gasteiger partial charge in [0.15, 0.2) is 0 Å². The summed E-state index contributed by atoms with van der Waals surface area (Å²) in [4.78, 5) is 26.6. The number of benzene rings is 2. The van der Waals surface area contributed by atoms with Crippen LogP contribution in [0.2, 0.25) is 0 Å². The third-order valence-corrected chi connectivity index (χ3v) is 9.05. The van der Waals surface area contributed by atoms with E-state index in [4.69, 9.17) is 0 Å². The van der Waals surface area contributed by atoms with E-state index in [0.29, 0.717) is 22.7 Å². The van der Waals surface area contributed by atoms with Crippen LogP contribution in [0.1, 0.15) is 50.1 Å². The van der Waals surface area contributed by atoms with Gasteiger partial charge in [-0.1, -0.05) is 37.3 Å². The lowest BCUT2D eigenvalue weighted by Gasteiger charge is -2.20. The summed E-state index contributed by atoms with van der Waals surface area (Å²) in [6.07, 6.45) is 2.74. The number of nitrogens with zero attached hydrogens (tertiary/aromatic N) is 1. The van der Waals surface area contributed by atoms with Crippen LogP contribution < -0.4 is 10.6 Å². The number of aryl methyl sites for hydroxylation is 1. The van der Waals surface area contributed by atoms with Crippen LogP contribution in [0.4, 0.5) is 5.00 Å². The molecule has 34 heavy (non-hydrogen) atoms. The molecule has 2 amide bonds. The number of rotatable bonds is 8. The molecule has 9 heteroatoms. The Hall–Kier alpha value is -3.01. The molecule has 0 saturated carbocycles. The summed E-state index contributed by atoms with van der Waals surface area (Å²) in [6.45, 7) is 2.39. The third kappa shape index (κ3) is 4.77. The minimum Gasteiger partial charge on any atom is -0.355 e. The van der Waals surface area contributed by atoms with Crippen molar-refractivity contribution in [1.82, 2.24) is 9.62 Å². The number of amides is 2. The van der Waals surface area contributed by atoms with Crippen LogP contribution in [0, 0.1) is 0 Å². The Morgan fingerprint density at radius 1 is 1.00 bits per heavy atom. The van der Waals surface area contributed by atoms with E-state index in [-0.39, 0.29) is 23.3 Å². The maximum atomic E-state index is 13.2. The highest BCUT2D eigenvalue weighted by molar-refractivity contribution is 7.89. The summed E-state index contributed by atoms with van der Waals surface area (Å²) in [5.74, 6) is -0.597. The fraction of sp³-hybridized carbons (Fsp3) is 0.280. The number of nitrogens with one attached hydrogen (secondary N) is 2. The van der Waals surface area contributed by atoms with Gasteiger partial charge in [0.2, 0.25) is 10.0 Å². The maximum Gasteiger partial charge on any atom is 0.256 e. The molecular formula is C25H27N3O4S2. The molecule has 0 saturated heterocycles. The zero-order chi connectivity index (χ0) is 24.3. The minimum atomic E-state index is -3.72. The van der Waals surface area contributed by atoms with Crippen molar-refractivity contribution < 1.29 is 18.0 Å². The van der Waals surface area contributed by atoms with Crippen molar-refractivity contribution in [2.45, 2.75) is 37.6 Å². The van der Waals surface area contributed by atoms with E-state index in [1.54, 1.807) is 14.0 Å². The number of thiophene rings is 1. The van der Waals surface area contributed by atoms with E-state index in [1.165, 1.54) is 39.9 Å². The molecule has 7 nitrogen and oxygen atoms in total. The van der Waals surface area contributed by atoms with Gasteiger partial charge in [-0.25, -0.2) is 8.42 Å². The highest BCUT2D eigenvalue weighted by Gasteiger charge is 2.28. The highest BCUT2D eigenvalue weighted by Crippen LogP contribution is 2.39. The predicted octanol–water partition coefficient (Wildman–Crippen LogP) is 4.06. The molecule has 0 aliphatic heterocycles. The molecule has 0 atom stereocenters. The fourth-order valence-corrected chi connectivity index (χ4v) is 6.83. The Morgan fingerprint density at radius 3 is 2.35 bits per heavy atom. The van der Waals surface area contributed by atoms with Gasteiger partial charge in [-0.15, -0.1) is 11.3 Å². The van der Waals surface area contributed by atoms with E-state index < -0.39 is 10.0 Å². The number of carbonyl (C=O) groups is 2. The van der Waals surface area contributed by atoms with Gasteiger partial charge in [-0.3, -0.25) is 9.59 Å². The number of sulfonamides is 1. The second-order valence-corrected chi connectivity index (χ2v) is 11.1. The van der Waals surface area contributed by atoms with Gasteiger partial charge in [0.1, 0.15) is 5.00 Å². The number of anilines is 1. The first kappa shape index (κ1) is 24.1. The summed E-state index contributed by atoms with van der Waals surface area (Å²) in [6, 6.07) is 15.3. The maximum absolute atomic E-state index is 13.2. The van der Waals surface area contributed by atoms with Crippen LogP contribution in [-0.4, -0.2) is 38.1 Å². The first-order valence-electron chi connectivity index (χ1n) is 11.2. The molecule has 1 aliphatic carbocycles. The van der Waals surface area contributed by atoms with Crippen LogP contribution in [0.5, 0.6) is 0 Å². The normalized spacial score (nSPS) is 13.0. The van der Waals surface area contributed by atoms with E-state index >= 15 is 0 Å². The van der Waals surface area contributed by atoms with Crippen molar-refractivity contribution in [2.24, 2.45) is 0 Å². The molecule has 0 unspecified atom stereocenters. The van der Waals surface area contributed by atoms with Crippen LogP contribution in [0.3, 0.4) is 0 Å². The van der Waals surface area contributed by atoms with Crippen LogP contribution in [0.25, 0.3) is 0 Å². The molecule has 4 rings (SSSR count). The molecule has 178 valence electrons. The minimum absolute atomic E-state index is 0.128. The van der Waals surface area contributed by atoms with Crippen molar-refractivity contribution in [1.29, 1.82) is 0 Å². The quantitative estimate of drug-likeness (QED) is 0.491. The molecule has 1 heterocycles. The number of fused-ring (bicyclic) bond motifs is 1. The van der Waals surface area contributed by atoms with Gasteiger partial charge in [-0.2, -0.15) is 4.31 Å². The Balaban J connectivity index is 1.52. The smallest absolute Gasteiger partial charge is 0.256 e. The molecule has 2 aromatic carbocycles. The Morgan fingerprint density at radius 2 is 1.71 bits per heavy atom. The molecule has 2 N–H and O–H groups in total. The SMILES string of the molecule is CCN(Cc1ccccc1)S(=O)(=O)c1ccc(C(=O)Nc2sc3c(c2C(=O)NC)CCC3)cc1. The Bertz CT molecular complexity index is 1300. The van der Waals surface area contributed by atoms with Crippen LogP contribution in [-0.2, 0) is 29.4 Å². The van der Waals surface area contributed by atoms with E-state index in [0.717, 1.165) is 35.3 Å². The summed E-state index contributed by atoms with van der Waals surface area (Å²) < 4.78 is 27.7. The predicted molar refractivity (Wildman–Crippen MR) is 134 cm³/mol. The van der Waals surface area contributed by atoms with Gasteiger partial charge in [0, 0.05) is 30.6 Å². The molecule has 0 bridgehead atoms. The van der Waals surface area contributed by atoms with Gasteiger partial charge in [0.25, 0.3) is 11.8 Å². The van der Waals surface area contributed by atoms with E-state index in [9.17, 15) is 18.0 Å². The third-order valence-electron chi connectivity index (χ3n) is 5.91. The lowest BCUT2D eigenvalue weighted by atomic mass is 10.1. The molecule has 1 aliphatic rings. The number of hydrogen-bond donors (Lipinski definition) is 2. The molecular weight excluding hydrogens is 470 g/mol. The topological polar surface area (TPSA) is 95.6 Å². The van der Waals surface area contributed by atoms with Gasteiger partial charge < -0.3 is 10.6 Å². The lowest BCUT2D eigenvalue weighted by molar-refractivity contribution is 0.0963. The average molecular weight is 498 g/mol. The summed E-state index contributed by atoms with van der Waals surface area (Å²) in [5.41, 5.74) is 2.77. The van der Waals surface area contributed by atoms with Crippen LogP contribution >= 0.6 is 11.3 Å². The molecule has 1 aromatic heterocycles. The van der Waals surface area contributed by atoms with Gasteiger partial charge >= 0.3 is 0 Å². The number of carbonyl (C=O) groups excluding carboxylic acids is 2. The lowest BCUT2D eigenvalue weighted by Crippen LogP contribution is -2.30. The van der Waals surface area contributed by atoms with Crippen molar-refractivity contribution in [3.05, 3.63) is 81.7 Å². The second-order valence-electron chi connectivity index (χ2n) is 8.04. The highest BCUT2D eigenvalue weighted by atomic mass is 32.2. The van der Waals surface area contributed by atoms with Crippen molar-refractivity contribution in [2.75, 3.05) is 18.9 Å². The number of hydrogen-bond acceptors (Lipinski definition) is 5. The Kier molecular flexibility index (Phi) is 7.16. The Labute approximate surface area is 203 Å². The van der Waals surface area contributed by atoms with Gasteiger partial charge in [-0.05, 0) is 54.7 Å². The first-order chi connectivity index (χ1) is 16.3. The zero-order valence-electron chi connectivity index (χ0n) is 19.1. The molecule has 0 fully saturated rings. The fourth-order valence-electron chi connectivity index (χ4n) is 4.11.